The fourth-order valence-electron chi connectivity index (χ4n) is 10.0. The number of carbonyl (C=O) groups excluding carboxylic acids is 2. The number of rotatable bonds is 55. The topological polar surface area (TPSA) is 175 Å². The fourth-order valence-corrected chi connectivity index (χ4v) is 10.0. The number of unbranched alkanes of at least 4 members (excludes halogenated alkanes) is 33. The van der Waals surface area contributed by atoms with Gasteiger partial charge in [0.1, 0.15) is 24.4 Å². The maximum absolute atomic E-state index is 13.4. The minimum absolute atomic E-state index is 0.122. The van der Waals surface area contributed by atoms with Crippen molar-refractivity contribution in [3.05, 3.63) is 60.8 Å². The molecule has 1 saturated heterocycles. The smallest absolute Gasteiger partial charge is 0.306 e. The average molecular weight is 1100 g/mol. The lowest BCUT2D eigenvalue weighted by Gasteiger charge is -2.41. The van der Waals surface area contributed by atoms with E-state index >= 15 is 0 Å². The van der Waals surface area contributed by atoms with Gasteiger partial charge in [0, 0.05) is 6.42 Å². The van der Waals surface area contributed by atoms with Gasteiger partial charge in [-0.25, -0.2) is 0 Å². The van der Waals surface area contributed by atoms with Gasteiger partial charge in [-0.2, -0.15) is 0 Å². The summed E-state index contributed by atoms with van der Waals surface area (Å²) in [5.74, 6) is -1.21. The molecule has 1 amide bonds. The molecule has 0 radical (unpaired) electrons. The van der Waals surface area contributed by atoms with Crippen LogP contribution < -0.4 is 5.32 Å². The third-order valence-electron chi connectivity index (χ3n) is 15.2. The Kier molecular flexibility index (Phi) is 51.7. The van der Waals surface area contributed by atoms with Gasteiger partial charge in [-0.15, -0.1) is 0 Å². The number of nitrogens with one attached hydrogen (secondary N) is 1. The van der Waals surface area contributed by atoms with Gasteiger partial charge in [-0.3, -0.25) is 9.59 Å². The molecule has 11 nitrogen and oxygen atoms in total. The van der Waals surface area contributed by atoms with E-state index < -0.39 is 67.4 Å². The molecule has 0 aromatic heterocycles. The summed E-state index contributed by atoms with van der Waals surface area (Å²) < 4.78 is 17.6. The molecule has 454 valence electrons. The SMILES string of the molecule is CC/C=C/C/C=C/C/C=C/CCCCCC(O)C(=O)NC(COC1OC(CO)C(O)C(O)C1OC(=O)CCCCCCCCCCCCCCCCC/C=C/CCCCCCCC)C(O)/C=C/CCCCCCCCCCC. The van der Waals surface area contributed by atoms with Crippen LogP contribution in [-0.2, 0) is 23.8 Å². The first-order valence-corrected chi connectivity index (χ1v) is 32.6. The van der Waals surface area contributed by atoms with Gasteiger partial charge in [-0.1, -0.05) is 261 Å². The quantitative estimate of drug-likeness (QED) is 0.0195. The van der Waals surface area contributed by atoms with Crippen LogP contribution in [0.3, 0.4) is 0 Å². The van der Waals surface area contributed by atoms with Gasteiger partial charge in [0.05, 0.1) is 25.4 Å². The Morgan fingerprint density at radius 1 is 0.513 bits per heavy atom. The Bertz CT molecular complexity index is 1500. The Hall–Kier alpha value is -2.64. The predicted molar refractivity (Wildman–Crippen MR) is 324 cm³/mol. The summed E-state index contributed by atoms with van der Waals surface area (Å²) in [4.78, 5) is 26.5. The lowest BCUT2D eigenvalue weighted by Crippen LogP contribution is -2.61. The third kappa shape index (κ3) is 42.2. The molecular formula is C67H121NO10. The van der Waals surface area contributed by atoms with Gasteiger partial charge in [0.15, 0.2) is 12.4 Å². The van der Waals surface area contributed by atoms with Crippen molar-refractivity contribution in [1.82, 2.24) is 5.32 Å². The highest BCUT2D eigenvalue weighted by Crippen LogP contribution is 2.26. The van der Waals surface area contributed by atoms with Gasteiger partial charge in [0.2, 0.25) is 5.91 Å². The van der Waals surface area contributed by atoms with Crippen LogP contribution in [0.4, 0.5) is 0 Å². The Morgan fingerprint density at radius 2 is 0.923 bits per heavy atom. The fraction of sp³-hybridized carbons (Fsp3) is 0.821. The molecule has 1 rings (SSSR count). The zero-order chi connectivity index (χ0) is 56.8. The summed E-state index contributed by atoms with van der Waals surface area (Å²) in [5.41, 5.74) is 0. The molecule has 8 atom stereocenters. The maximum atomic E-state index is 13.4. The first-order chi connectivity index (χ1) is 38.2. The monoisotopic (exact) mass is 1100 g/mol. The molecule has 1 aliphatic rings. The number of carbonyl (C=O) groups is 2. The minimum Gasteiger partial charge on any atom is -0.454 e. The molecule has 0 aliphatic carbocycles. The lowest BCUT2D eigenvalue weighted by molar-refractivity contribution is -0.305. The summed E-state index contributed by atoms with van der Waals surface area (Å²) in [5, 5.41) is 56.9. The van der Waals surface area contributed by atoms with E-state index in [0.29, 0.717) is 12.8 Å². The van der Waals surface area contributed by atoms with E-state index in [1.54, 1.807) is 6.08 Å². The standard InChI is InChI=1S/C67H121NO10/c1-4-7-10-13-16-19-22-24-25-26-27-28-29-30-31-32-33-34-35-37-40-43-46-49-52-55-62(72)78-65-64(74)63(73)61(56-69)77-67(65)76-57-58(59(70)53-50-47-44-41-38-21-18-15-12-9-6-3)68-66(75)60(71)54-51-48-45-42-39-36-23-20-17-14-11-8-5-2/h8,11,17,20,24-25,36,39,50,53,58-61,63-65,67,69-71,73-74H,4-7,9-10,12-16,18-19,21-23,26-35,37-38,40-49,51-52,54-57H2,1-3H3,(H,68,75)/b11-8+,20-17+,25-24+,39-36+,53-50+. The number of aliphatic hydroxyl groups is 5. The second-order valence-electron chi connectivity index (χ2n) is 22.5. The normalized spacial score (nSPS) is 19.3. The van der Waals surface area contributed by atoms with E-state index in [-0.39, 0.29) is 19.4 Å². The van der Waals surface area contributed by atoms with Crippen molar-refractivity contribution in [2.45, 2.75) is 339 Å². The third-order valence-corrected chi connectivity index (χ3v) is 15.2. The van der Waals surface area contributed by atoms with Crippen molar-refractivity contribution in [2.75, 3.05) is 13.2 Å². The number of aliphatic hydroxyl groups excluding tert-OH is 5. The van der Waals surface area contributed by atoms with E-state index in [0.717, 1.165) is 77.0 Å². The molecule has 0 saturated carbocycles. The van der Waals surface area contributed by atoms with Gasteiger partial charge in [0.25, 0.3) is 0 Å². The molecule has 8 unspecified atom stereocenters. The molecule has 6 N–H and O–H groups in total. The van der Waals surface area contributed by atoms with Crippen molar-refractivity contribution >= 4 is 11.9 Å². The summed E-state index contributed by atoms with van der Waals surface area (Å²) >= 11 is 0. The highest BCUT2D eigenvalue weighted by atomic mass is 16.7. The number of hydrogen-bond acceptors (Lipinski definition) is 10. The van der Waals surface area contributed by atoms with Crippen LogP contribution in [0, 0.1) is 0 Å². The zero-order valence-corrected chi connectivity index (χ0v) is 50.3. The van der Waals surface area contributed by atoms with Crippen LogP contribution in [-0.4, -0.2) is 99.6 Å². The number of allylic oxidation sites excluding steroid dienone is 9. The minimum atomic E-state index is -1.62. The van der Waals surface area contributed by atoms with Crippen molar-refractivity contribution in [3.63, 3.8) is 0 Å². The molecule has 0 aromatic carbocycles. The van der Waals surface area contributed by atoms with Crippen LogP contribution in [0.15, 0.2) is 60.8 Å². The largest absolute Gasteiger partial charge is 0.454 e. The number of esters is 1. The van der Waals surface area contributed by atoms with Crippen LogP contribution in [0.25, 0.3) is 0 Å². The molecule has 0 spiro atoms. The van der Waals surface area contributed by atoms with Crippen LogP contribution in [0.2, 0.25) is 0 Å². The molecule has 1 heterocycles. The van der Waals surface area contributed by atoms with Crippen LogP contribution in [0.1, 0.15) is 290 Å². The first kappa shape index (κ1) is 73.4. The van der Waals surface area contributed by atoms with Gasteiger partial charge in [-0.05, 0) is 83.5 Å². The van der Waals surface area contributed by atoms with Crippen molar-refractivity contribution < 1.29 is 49.3 Å². The van der Waals surface area contributed by atoms with Crippen LogP contribution in [0.5, 0.6) is 0 Å². The maximum Gasteiger partial charge on any atom is 0.306 e. The molecule has 1 fully saturated rings. The molecule has 0 bridgehead atoms. The predicted octanol–water partition coefficient (Wildman–Crippen LogP) is 15.8. The summed E-state index contributed by atoms with van der Waals surface area (Å²) in [6.07, 6.45) is 58.5. The van der Waals surface area contributed by atoms with Crippen molar-refractivity contribution in [3.8, 4) is 0 Å². The van der Waals surface area contributed by atoms with E-state index in [1.807, 2.05) is 6.08 Å². The highest BCUT2D eigenvalue weighted by Gasteiger charge is 2.47. The summed E-state index contributed by atoms with van der Waals surface area (Å²) in [6, 6.07) is -1.04. The molecule has 11 heteroatoms. The van der Waals surface area contributed by atoms with E-state index in [1.165, 1.54) is 167 Å². The second-order valence-corrected chi connectivity index (χ2v) is 22.5. The van der Waals surface area contributed by atoms with Gasteiger partial charge >= 0.3 is 5.97 Å². The highest BCUT2D eigenvalue weighted by molar-refractivity contribution is 5.80. The first-order valence-electron chi connectivity index (χ1n) is 32.6. The Labute approximate surface area is 478 Å². The van der Waals surface area contributed by atoms with E-state index in [9.17, 15) is 35.1 Å². The molecule has 78 heavy (non-hydrogen) atoms. The lowest BCUT2D eigenvalue weighted by atomic mass is 9.99. The number of hydrogen-bond donors (Lipinski definition) is 6. The molecule has 1 aliphatic heterocycles. The van der Waals surface area contributed by atoms with Crippen molar-refractivity contribution in [1.29, 1.82) is 0 Å². The average Bonchev–Trinajstić information content (AvgIpc) is 3.44. The molecule has 0 aromatic rings. The summed E-state index contributed by atoms with van der Waals surface area (Å²) in [6.45, 7) is 5.66. The zero-order valence-electron chi connectivity index (χ0n) is 50.3. The van der Waals surface area contributed by atoms with Crippen LogP contribution >= 0.6 is 0 Å². The number of ether oxygens (including phenoxy) is 3. The summed E-state index contributed by atoms with van der Waals surface area (Å²) in [7, 11) is 0. The van der Waals surface area contributed by atoms with E-state index in [4.69, 9.17) is 14.2 Å². The Balaban J connectivity index is 2.56. The molecular weight excluding hydrogens is 979 g/mol. The number of amides is 1. The van der Waals surface area contributed by atoms with Crippen molar-refractivity contribution in [2.24, 2.45) is 0 Å². The van der Waals surface area contributed by atoms with E-state index in [2.05, 4.69) is 74.7 Å². The Morgan fingerprint density at radius 3 is 1.40 bits per heavy atom. The second kappa shape index (κ2) is 54.9. The van der Waals surface area contributed by atoms with Gasteiger partial charge < -0.3 is 45.1 Å².